The number of likely N-dealkylation sites (N-methyl/N-ethyl adjacent to an activating group) is 1. The first-order valence-electron chi connectivity index (χ1n) is 10.3. The highest BCUT2D eigenvalue weighted by atomic mass is 32.2. The molecule has 32 heavy (non-hydrogen) atoms. The summed E-state index contributed by atoms with van der Waals surface area (Å²) < 4.78 is 23.7. The highest BCUT2D eigenvalue weighted by Gasteiger charge is 2.29. The Morgan fingerprint density at radius 3 is 2.47 bits per heavy atom. The van der Waals surface area contributed by atoms with Crippen LogP contribution >= 0.6 is 27.0 Å². The van der Waals surface area contributed by atoms with E-state index in [1.165, 1.54) is 0 Å². The Labute approximate surface area is 204 Å². The Morgan fingerprint density at radius 1 is 1.12 bits per heavy atom. The van der Waals surface area contributed by atoms with Crippen LogP contribution < -0.4 is 0 Å². The number of sulfone groups is 1. The second-order valence-electron chi connectivity index (χ2n) is 8.45. The Bertz CT molecular complexity index is 1030. The maximum atomic E-state index is 13.1. The maximum absolute atomic E-state index is 13.1. The molecule has 2 heterocycles. The number of hydrogen-bond donors (Lipinski definition) is 1. The molecule has 1 N–H and O–H groups in total. The minimum Gasteiger partial charge on any atom is -0.392 e. The summed E-state index contributed by atoms with van der Waals surface area (Å²) in [4.78, 5) is 17.1. The van der Waals surface area contributed by atoms with E-state index < -0.39 is 9.84 Å². The predicted molar refractivity (Wildman–Crippen MR) is 136 cm³/mol. The highest BCUT2D eigenvalue weighted by Crippen LogP contribution is 2.27. The van der Waals surface area contributed by atoms with Gasteiger partial charge in [-0.2, -0.15) is 27.0 Å². The number of amides is 1. The molecule has 0 saturated carbocycles. The van der Waals surface area contributed by atoms with Crippen molar-refractivity contribution in [2.75, 3.05) is 26.7 Å². The fourth-order valence-electron chi connectivity index (χ4n) is 4.41. The third-order valence-electron chi connectivity index (χ3n) is 6.10. The summed E-state index contributed by atoms with van der Waals surface area (Å²) in [5.41, 5.74) is 3.56. The van der Waals surface area contributed by atoms with E-state index >= 15 is 0 Å². The first-order chi connectivity index (χ1) is 14.3. The number of benzene rings is 2. The van der Waals surface area contributed by atoms with Crippen molar-refractivity contribution in [1.82, 2.24) is 9.80 Å². The first kappa shape index (κ1) is 26.7. The van der Waals surface area contributed by atoms with E-state index in [1.807, 2.05) is 55.6 Å². The summed E-state index contributed by atoms with van der Waals surface area (Å²) in [6.45, 7) is 2.13. The van der Waals surface area contributed by atoms with E-state index in [1.54, 1.807) is 4.90 Å². The number of aliphatic hydroxyl groups is 1. The number of likely N-dealkylation sites (tertiary alicyclic amines) is 1. The molecule has 0 spiro atoms. The van der Waals surface area contributed by atoms with E-state index in [-0.39, 0.29) is 63.0 Å². The van der Waals surface area contributed by atoms with E-state index in [4.69, 9.17) is 0 Å². The zero-order valence-corrected chi connectivity index (χ0v) is 21.0. The summed E-state index contributed by atoms with van der Waals surface area (Å²) in [7, 11) is -1.23. The van der Waals surface area contributed by atoms with Gasteiger partial charge < -0.3 is 10.0 Å². The summed E-state index contributed by atoms with van der Waals surface area (Å²) >= 11 is 0. The molecule has 1 fully saturated rings. The van der Waals surface area contributed by atoms with Crippen molar-refractivity contribution in [2.45, 2.75) is 36.5 Å². The Balaban J connectivity index is 0.00000181. The molecule has 1 saturated heterocycles. The van der Waals surface area contributed by atoms with Crippen molar-refractivity contribution in [3.63, 3.8) is 0 Å². The van der Waals surface area contributed by atoms with Crippen molar-refractivity contribution in [2.24, 2.45) is 0 Å². The van der Waals surface area contributed by atoms with Gasteiger partial charge in [-0.05, 0) is 28.7 Å². The molecule has 0 radical (unpaired) electrons. The van der Waals surface area contributed by atoms with Crippen LogP contribution in [0.1, 0.15) is 34.7 Å². The fraction of sp³-hybridized carbons (Fsp3) is 0.435. The second kappa shape index (κ2) is 11.1. The molecule has 2 aliphatic rings. The summed E-state index contributed by atoms with van der Waals surface area (Å²) in [5.74, 6) is 0.141. The molecular weight excluding hydrogens is 464 g/mol. The molecule has 176 valence electrons. The maximum Gasteiger partial charge on any atom is 0.227 e. The van der Waals surface area contributed by atoms with E-state index in [0.717, 1.165) is 35.2 Å². The lowest BCUT2D eigenvalue weighted by Gasteiger charge is -2.32. The molecular formula is C23H32N2O4S3. The van der Waals surface area contributed by atoms with Gasteiger partial charge in [-0.15, -0.1) is 0 Å². The van der Waals surface area contributed by atoms with Crippen molar-refractivity contribution in [1.29, 1.82) is 0 Å². The summed E-state index contributed by atoms with van der Waals surface area (Å²) in [5, 5.41) is 9.87. The average Bonchev–Trinajstić information content (AvgIpc) is 3.26. The molecule has 0 unspecified atom stereocenters. The number of nitrogens with zero attached hydrogens (tertiary/aromatic N) is 2. The average molecular weight is 497 g/mol. The first-order valence-corrected chi connectivity index (χ1v) is 12.1. The Morgan fingerprint density at radius 2 is 1.81 bits per heavy atom. The van der Waals surface area contributed by atoms with Gasteiger partial charge in [0.15, 0.2) is 9.84 Å². The van der Waals surface area contributed by atoms with Crippen molar-refractivity contribution in [3.8, 4) is 0 Å². The molecule has 2 aromatic carbocycles. The van der Waals surface area contributed by atoms with Gasteiger partial charge in [-0.25, -0.2) is 8.42 Å². The van der Waals surface area contributed by atoms with Crippen LogP contribution in [0.15, 0.2) is 48.5 Å². The molecule has 0 aromatic heterocycles. The quantitative estimate of drug-likeness (QED) is 0.663. The predicted octanol–water partition coefficient (Wildman–Crippen LogP) is 2.15. The van der Waals surface area contributed by atoms with Gasteiger partial charge in [0.2, 0.25) is 5.91 Å². The SMILES string of the molecule is CN(C(=O)Cc1ccc2c(c1)CS(=O)(=O)C2)[C@H](CN1CC[C@@H](O)C1)c1ccccc1.S.S. The zero-order chi connectivity index (χ0) is 21.3. The molecule has 9 heteroatoms. The normalized spacial score (nSPS) is 20.0. The largest absolute Gasteiger partial charge is 0.392 e. The number of rotatable bonds is 6. The monoisotopic (exact) mass is 496 g/mol. The van der Waals surface area contributed by atoms with Crippen LogP contribution in [0.3, 0.4) is 0 Å². The van der Waals surface area contributed by atoms with Crippen molar-refractivity contribution in [3.05, 3.63) is 70.8 Å². The topological polar surface area (TPSA) is 77.9 Å². The van der Waals surface area contributed by atoms with Crippen LogP contribution in [-0.4, -0.2) is 62.0 Å². The lowest BCUT2D eigenvalue weighted by molar-refractivity contribution is -0.131. The number of carbonyl (C=O) groups excluding carboxylic acids is 1. The minimum absolute atomic E-state index is 0. The number of hydrogen-bond acceptors (Lipinski definition) is 5. The molecule has 1 amide bonds. The van der Waals surface area contributed by atoms with Crippen LogP contribution in [-0.2, 0) is 32.6 Å². The zero-order valence-electron chi connectivity index (χ0n) is 18.2. The second-order valence-corrected chi connectivity index (χ2v) is 10.5. The van der Waals surface area contributed by atoms with Crippen LogP contribution in [0.2, 0.25) is 0 Å². The van der Waals surface area contributed by atoms with Crippen LogP contribution in [0.4, 0.5) is 0 Å². The van der Waals surface area contributed by atoms with Gasteiger partial charge in [0.05, 0.1) is 30.1 Å². The molecule has 0 aliphatic carbocycles. The fourth-order valence-corrected chi connectivity index (χ4v) is 6.01. The van der Waals surface area contributed by atoms with E-state index in [9.17, 15) is 18.3 Å². The summed E-state index contributed by atoms with van der Waals surface area (Å²) in [6, 6.07) is 15.4. The smallest absolute Gasteiger partial charge is 0.227 e. The Kier molecular flexibility index (Phi) is 9.25. The third-order valence-corrected chi connectivity index (χ3v) is 7.60. The molecule has 2 aromatic rings. The minimum atomic E-state index is -3.06. The molecule has 0 bridgehead atoms. The summed E-state index contributed by atoms with van der Waals surface area (Å²) in [6.07, 6.45) is 0.692. The van der Waals surface area contributed by atoms with Crippen molar-refractivity contribution >= 4 is 42.7 Å². The van der Waals surface area contributed by atoms with Crippen molar-refractivity contribution < 1.29 is 18.3 Å². The Hall–Kier alpha value is -1.52. The van der Waals surface area contributed by atoms with Crippen LogP contribution in [0, 0.1) is 0 Å². The number of carbonyl (C=O) groups is 1. The van der Waals surface area contributed by atoms with Crippen LogP contribution in [0.5, 0.6) is 0 Å². The van der Waals surface area contributed by atoms with Gasteiger partial charge in [0.25, 0.3) is 0 Å². The molecule has 2 atom stereocenters. The lowest BCUT2D eigenvalue weighted by Crippen LogP contribution is -2.39. The van der Waals surface area contributed by atoms with Gasteiger partial charge >= 0.3 is 0 Å². The number of aliphatic hydroxyl groups excluding tert-OH is 1. The van der Waals surface area contributed by atoms with Gasteiger partial charge in [-0.1, -0.05) is 48.5 Å². The van der Waals surface area contributed by atoms with Crippen LogP contribution in [0.25, 0.3) is 0 Å². The molecule has 6 nitrogen and oxygen atoms in total. The molecule has 2 aliphatic heterocycles. The third kappa shape index (κ3) is 6.29. The van der Waals surface area contributed by atoms with Gasteiger partial charge in [0, 0.05) is 26.7 Å². The van der Waals surface area contributed by atoms with E-state index in [2.05, 4.69) is 4.90 Å². The highest BCUT2D eigenvalue weighted by molar-refractivity contribution is 7.90. The number of fused-ring (bicyclic) bond motifs is 1. The van der Waals surface area contributed by atoms with Gasteiger partial charge in [0.1, 0.15) is 0 Å². The molecule has 4 rings (SSSR count). The standard InChI is InChI=1S/C23H28N2O4S.2H2S/c1-24(22(18-5-3-2-4-6-18)14-25-10-9-21(26)13-25)23(27)12-17-7-8-19-15-30(28,29)16-20(19)11-17;;/h2-8,11,21-22,26H,9-10,12-16H2,1H3;2*1H2/t21-,22-;;/m1../s1. The van der Waals surface area contributed by atoms with Gasteiger partial charge in [-0.3, -0.25) is 9.69 Å². The lowest BCUT2D eigenvalue weighted by atomic mass is 10.0. The van der Waals surface area contributed by atoms with E-state index in [0.29, 0.717) is 13.1 Å². The number of β-amino-alcohol motifs (C(OH)–C–C–N with tert-alkyl or cyclic N) is 1.